The van der Waals surface area contributed by atoms with Crippen molar-refractivity contribution in [2.75, 3.05) is 13.6 Å². The summed E-state index contributed by atoms with van der Waals surface area (Å²) in [5.41, 5.74) is 0. The van der Waals surface area contributed by atoms with E-state index in [1.54, 1.807) is 7.05 Å². The van der Waals surface area contributed by atoms with E-state index in [9.17, 15) is 4.79 Å². The van der Waals surface area contributed by atoms with Crippen LogP contribution >= 0.6 is 0 Å². The fourth-order valence-electron chi connectivity index (χ4n) is 1.39. The van der Waals surface area contributed by atoms with Gasteiger partial charge in [-0.3, -0.25) is 4.79 Å². The normalized spacial score (nSPS) is 29.3. The molecule has 0 unspecified atom stereocenters. The van der Waals surface area contributed by atoms with Crippen LogP contribution in [0.4, 0.5) is 0 Å². The van der Waals surface area contributed by atoms with E-state index < -0.39 is 0 Å². The molecule has 1 saturated carbocycles. The number of nitrogens with one attached hydrogen (secondary N) is 2. The maximum absolute atomic E-state index is 10.8. The molecule has 1 aliphatic carbocycles. The van der Waals surface area contributed by atoms with Crippen molar-refractivity contribution in [2.24, 2.45) is 5.92 Å². The van der Waals surface area contributed by atoms with Crippen LogP contribution in [0.5, 0.6) is 0 Å². The van der Waals surface area contributed by atoms with Gasteiger partial charge >= 0.3 is 0 Å². The molecular weight excluding hydrogens is 140 g/mol. The SMILES string of the molecule is CNC(=O)CNC1CC(C)C1. The molecule has 0 spiro atoms. The predicted molar refractivity (Wildman–Crippen MR) is 44.3 cm³/mol. The summed E-state index contributed by atoms with van der Waals surface area (Å²) >= 11 is 0. The van der Waals surface area contributed by atoms with Crippen molar-refractivity contribution in [3.8, 4) is 0 Å². The molecular formula is C8H16N2O. The van der Waals surface area contributed by atoms with Gasteiger partial charge in [-0.05, 0) is 18.8 Å². The monoisotopic (exact) mass is 156 g/mol. The predicted octanol–water partition coefficient (Wildman–Crippen LogP) is 0.120. The Kier molecular flexibility index (Phi) is 2.88. The first kappa shape index (κ1) is 8.53. The van der Waals surface area contributed by atoms with Gasteiger partial charge in [-0.1, -0.05) is 6.92 Å². The highest BCUT2D eigenvalue weighted by atomic mass is 16.1. The lowest BCUT2D eigenvalue weighted by Crippen LogP contribution is -2.44. The lowest BCUT2D eigenvalue weighted by Gasteiger charge is -2.33. The molecule has 0 atom stereocenters. The molecule has 1 fully saturated rings. The molecule has 0 aromatic carbocycles. The van der Waals surface area contributed by atoms with Gasteiger partial charge in [0.1, 0.15) is 0 Å². The first-order valence-electron chi connectivity index (χ1n) is 4.16. The zero-order valence-electron chi connectivity index (χ0n) is 7.18. The third kappa shape index (κ3) is 2.50. The van der Waals surface area contributed by atoms with Gasteiger partial charge in [0, 0.05) is 13.1 Å². The zero-order chi connectivity index (χ0) is 8.27. The van der Waals surface area contributed by atoms with Crippen molar-refractivity contribution < 1.29 is 4.79 Å². The van der Waals surface area contributed by atoms with E-state index in [1.807, 2.05) is 0 Å². The molecule has 0 saturated heterocycles. The minimum atomic E-state index is 0.0737. The molecule has 0 aliphatic heterocycles. The summed E-state index contributed by atoms with van der Waals surface area (Å²) in [6, 6.07) is 0.585. The van der Waals surface area contributed by atoms with E-state index in [0.717, 1.165) is 5.92 Å². The Morgan fingerprint density at radius 3 is 2.64 bits per heavy atom. The number of amides is 1. The van der Waals surface area contributed by atoms with Crippen LogP contribution in [0.2, 0.25) is 0 Å². The van der Waals surface area contributed by atoms with Crippen LogP contribution in [0.15, 0.2) is 0 Å². The average Bonchev–Trinajstić information content (AvgIpc) is 1.95. The minimum absolute atomic E-state index is 0.0737. The number of carbonyl (C=O) groups is 1. The summed E-state index contributed by atoms with van der Waals surface area (Å²) in [5.74, 6) is 0.918. The molecule has 3 heteroatoms. The summed E-state index contributed by atoms with van der Waals surface area (Å²) in [4.78, 5) is 10.8. The van der Waals surface area contributed by atoms with Crippen LogP contribution in [0.3, 0.4) is 0 Å². The van der Waals surface area contributed by atoms with Gasteiger partial charge in [0.15, 0.2) is 0 Å². The summed E-state index contributed by atoms with van der Waals surface area (Å²) in [7, 11) is 1.66. The maximum atomic E-state index is 10.8. The second-order valence-electron chi connectivity index (χ2n) is 3.33. The van der Waals surface area contributed by atoms with Crippen molar-refractivity contribution in [1.82, 2.24) is 10.6 Å². The van der Waals surface area contributed by atoms with E-state index in [0.29, 0.717) is 12.6 Å². The van der Waals surface area contributed by atoms with E-state index in [4.69, 9.17) is 0 Å². The molecule has 1 rings (SSSR count). The second-order valence-corrected chi connectivity index (χ2v) is 3.33. The molecule has 0 bridgehead atoms. The van der Waals surface area contributed by atoms with Gasteiger partial charge in [-0.15, -0.1) is 0 Å². The number of hydrogen-bond acceptors (Lipinski definition) is 2. The van der Waals surface area contributed by atoms with Crippen molar-refractivity contribution >= 4 is 5.91 Å². The Bertz CT molecular complexity index is 141. The molecule has 1 aliphatic rings. The average molecular weight is 156 g/mol. The largest absolute Gasteiger partial charge is 0.358 e. The summed E-state index contributed by atoms with van der Waals surface area (Å²) in [6.07, 6.45) is 2.44. The van der Waals surface area contributed by atoms with E-state index in [1.165, 1.54) is 12.8 Å². The van der Waals surface area contributed by atoms with Crippen molar-refractivity contribution in [3.05, 3.63) is 0 Å². The molecule has 0 aromatic rings. The topological polar surface area (TPSA) is 41.1 Å². The smallest absolute Gasteiger partial charge is 0.233 e. The summed E-state index contributed by atoms with van der Waals surface area (Å²) in [5, 5.41) is 5.77. The molecule has 0 heterocycles. The Morgan fingerprint density at radius 2 is 2.18 bits per heavy atom. The van der Waals surface area contributed by atoms with Crippen LogP contribution < -0.4 is 10.6 Å². The quantitative estimate of drug-likeness (QED) is 0.609. The maximum Gasteiger partial charge on any atom is 0.233 e. The van der Waals surface area contributed by atoms with Gasteiger partial charge in [0.05, 0.1) is 6.54 Å². The van der Waals surface area contributed by atoms with Crippen LogP contribution in [-0.2, 0) is 4.79 Å². The van der Waals surface area contributed by atoms with Crippen molar-refractivity contribution in [2.45, 2.75) is 25.8 Å². The highest BCUT2D eigenvalue weighted by Gasteiger charge is 2.24. The Hall–Kier alpha value is -0.570. The lowest BCUT2D eigenvalue weighted by atomic mass is 9.82. The third-order valence-corrected chi connectivity index (χ3v) is 2.20. The molecule has 2 N–H and O–H groups in total. The molecule has 64 valence electrons. The second kappa shape index (κ2) is 3.72. The number of hydrogen-bond donors (Lipinski definition) is 2. The zero-order valence-corrected chi connectivity index (χ0v) is 7.18. The first-order valence-corrected chi connectivity index (χ1v) is 4.16. The number of carbonyl (C=O) groups excluding carboxylic acids is 1. The van der Waals surface area contributed by atoms with Crippen LogP contribution in [0.1, 0.15) is 19.8 Å². The highest BCUT2D eigenvalue weighted by Crippen LogP contribution is 2.25. The Labute approximate surface area is 67.5 Å². The first-order chi connectivity index (χ1) is 5.22. The summed E-state index contributed by atoms with van der Waals surface area (Å²) in [6.45, 7) is 2.70. The van der Waals surface area contributed by atoms with E-state index in [2.05, 4.69) is 17.6 Å². The van der Waals surface area contributed by atoms with Gasteiger partial charge in [-0.25, -0.2) is 0 Å². The van der Waals surface area contributed by atoms with Gasteiger partial charge < -0.3 is 10.6 Å². The Balaban J connectivity index is 2.00. The van der Waals surface area contributed by atoms with Crippen molar-refractivity contribution in [1.29, 1.82) is 0 Å². The van der Waals surface area contributed by atoms with Crippen LogP contribution in [0, 0.1) is 5.92 Å². The summed E-state index contributed by atoms with van der Waals surface area (Å²) < 4.78 is 0. The standard InChI is InChI=1S/C8H16N2O/c1-6-3-7(4-6)10-5-8(11)9-2/h6-7,10H,3-5H2,1-2H3,(H,9,11). The van der Waals surface area contributed by atoms with E-state index in [-0.39, 0.29) is 5.91 Å². The Morgan fingerprint density at radius 1 is 1.55 bits per heavy atom. The lowest BCUT2D eigenvalue weighted by molar-refractivity contribution is -0.120. The molecule has 1 amide bonds. The van der Waals surface area contributed by atoms with Crippen LogP contribution in [-0.4, -0.2) is 25.5 Å². The fraction of sp³-hybridized carbons (Fsp3) is 0.875. The van der Waals surface area contributed by atoms with Gasteiger partial charge in [-0.2, -0.15) is 0 Å². The third-order valence-electron chi connectivity index (χ3n) is 2.20. The number of likely N-dealkylation sites (N-methyl/N-ethyl adjacent to an activating group) is 1. The van der Waals surface area contributed by atoms with Gasteiger partial charge in [0.2, 0.25) is 5.91 Å². The number of rotatable bonds is 3. The van der Waals surface area contributed by atoms with Gasteiger partial charge in [0.25, 0.3) is 0 Å². The molecule has 11 heavy (non-hydrogen) atoms. The fourth-order valence-corrected chi connectivity index (χ4v) is 1.39. The van der Waals surface area contributed by atoms with E-state index >= 15 is 0 Å². The van der Waals surface area contributed by atoms with Crippen molar-refractivity contribution in [3.63, 3.8) is 0 Å². The van der Waals surface area contributed by atoms with Crippen LogP contribution in [0.25, 0.3) is 0 Å². The minimum Gasteiger partial charge on any atom is -0.358 e. The molecule has 0 radical (unpaired) electrons. The molecule has 3 nitrogen and oxygen atoms in total. The molecule has 0 aromatic heterocycles. The highest BCUT2D eigenvalue weighted by molar-refractivity contribution is 5.77.